The van der Waals surface area contributed by atoms with Crippen molar-refractivity contribution in [1.29, 1.82) is 0 Å². The van der Waals surface area contributed by atoms with Crippen molar-refractivity contribution in [3.05, 3.63) is 140 Å². The fourth-order valence-electron chi connectivity index (χ4n) is 7.36. The summed E-state index contributed by atoms with van der Waals surface area (Å²) in [7, 11) is 0. The molecule has 0 N–H and O–H groups in total. The van der Waals surface area contributed by atoms with E-state index in [0.717, 1.165) is 0 Å². The van der Waals surface area contributed by atoms with Crippen molar-refractivity contribution >= 4 is 64.1 Å². The molecule has 194 valence electrons. The zero-order chi connectivity index (χ0) is 27.4. The molecule has 0 aliphatic heterocycles. The number of para-hydroxylation sites is 1. The topological polar surface area (TPSA) is 4.93 Å². The zero-order valence-electron chi connectivity index (χ0n) is 22.6. The lowest BCUT2D eigenvalue weighted by molar-refractivity contribution is 1.19. The lowest BCUT2D eigenvalue weighted by Gasteiger charge is -2.12. The van der Waals surface area contributed by atoms with Crippen LogP contribution < -0.4 is 0 Å². The van der Waals surface area contributed by atoms with E-state index in [4.69, 9.17) is 0 Å². The van der Waals surface area contributed by atoms with Crippen LogP contribution in [0.3, 0.4) is 0 Å². The molecule has 10 rings (SSSR count). The van der Waals surface area contributed by atoms with Crippen LogP contribution in [0.15, 0.2) is 140 Å². The molecular weight excluding hydrogens is 527 g/mol. The van der Waals surface area contributed by atoms with E-state index in [1.165, 1.54) is 91.8 Å². The number of hydrogen-bond donors (Lipinski definition) is 0. The summed E-state index contributed by atoms with van der Waals surface area (Å²) in [4.78, 5) is 0. The second kappa shape index (κ2) is 8.19. The van der Waals surface area contributed by atoms with E-state index < -0.39 is 0 Å². The number of aromatic nitrogens is 1. The van der Waals surface area contributed by atoms with Gasteiger partial charge in [-0.1, -0.05) is 109 Å². The van der Waals surface area contributed by atoms with Gasteiger partial charge in [-0.05, 0) is 69.1 Å². The van der Waals surface area contributed by atoms with Crippen LogP contribution in [-0.4, -0.2) is 4.57 Å². The highest BCUT2D eigenvalue weighted by Crippen LogP contribution is 2.51. The molecular formula is C40H23NS. The fourth-order valence-corrected chi connectivity index (χ4v) is 8.59. The molecule has 1 aliphatic rings. The van der Waals surface area contributed by atoms with Gasteiger partial charge in [-0.25, -0.2) is 0 Å². The van der Waals surface area contributed by atoms with E-state index in [1.54, 1.807) is 0 Å². The molecule has 42 heavy (non-hydrogen) atoms. The lowest BCUT2D eigenvalue weighted by Crippen LogP contribution is -1.95. The second-order valence-electron chi connectivity index (χ2n) is 11.3. The maximum Gasteiger partial charge on any atom is 0.0620 e. The number of nitrogens with zero attached hydrogens (tertiary/aromatic N) is 1. The van der Waals surface area contributed by atoms with Crippen LogP contribution in [-0.2, 0) is 0 Å². The highest BCUT2D eigenvalue weighted by atomic mass is 32.1. The molecule has 0 bridgehead atoms. The fraction of sp³-hybridized carbons (Fsp3) is 0. The summed E-state index contributed by atoms with van der Waals surface area (Å²) in [6.07, 6.45) is 0. The van der Waals surface area contributed by atoms with Gasteiger partial charge in [0.2, 0.25) is 0 Å². The maximum absolute atomic E-state index is 2.47. The van der Waals surface area contributed by atoms with Gasteiger partial charge in [0.15, 0.2) is 0 Å². The standard InChI is InChI=1S/C40H23NS/c1-2-10-28-27(9-1)31-14-8-16-33-38(31)34(28)23-35-29-11-3-5-17-36(29)41(39(33)35)25-21-19-24(20-22-25)26-13-7-15-32-30-12-4-6-18-37(30)42-40(26)32/h1-23H. The Morgan fingerprint density at radius 3 is 1.93 bits per heavy atom. The SMILES string of the molecule is c1ccc2c(c1)-c1cccc3c1c-2cc1c2ccccc2n(-c2ccc(-c4cccc5c4sc4ccccc45)cc2)c31. The highest BCUT2D eigenvalue weighted by Gasteiger charge is 2.25. The van der Waals surface area contributed by atoms with Crippen LogP contribution >= 0.6 is 11.3 Å². The molecule has 0 unspecified atom stereocenters. The minimum atomic E-state index is 1.18. The van der Waals surface area contributed by atoms with Crippen LogP contribution in [0, 0.1) is 0 Å². The normalized spacial score (nSPS) is 12.3. The molecule has 0 radical (unpaired) electrons. The van der Waals surface area contributed by atoms with Gasteiger partial charge in [-0.2, -0.15) is 0 Å². The van der Waals surface area contributed by atoms with Gasteiger partial charge in [0.1, 0.15) is 0 Å². The monoisotopic (exact) mass is 549 g/mol. The van der Waals surface area contributed by atoms with Crippen LogP contribution in [0.1, 0.15) is 0 Å². The van der Waals surface area contributed by atoms with Gasteiger partial charge in [0, 0.05) is 42.0 Å². The van der Waals surface area contributed by atoms with Crippen LogP contribution in [0.25, 0.3) is 91.8 Å². The molecule has 2 aromatic heterocycles. The summed E-state index contributed by atoms with van der Waals surface area (Å²) in [6, 6.07) is 51.6. The molecule has 7 aromatic carbocycles. The van der Waals surface area contributed by atoms with Gasteiger partial charge in [-0.3, -0.25) is 0 Å². The first-order chi connectivity index (χ1) is 20.8. The smallest absolute Gasteiger partial charge is 0.0620 e. The van der Waals surface area contributed by atoms with E-state index in [0.29, 0.717) is 0 Å². The average molecular weight is 550 g/mol. The van der Waals surface area contributed by atoms with Crippen LogP contribution in [0.2, 0.25) is 0 Å². The third-order valence-electron chi connectivity index (χ3n) is 9.14. The Bertz CT molecular complexity index is 2560. The molecule has 2 heterocycles. The van der Waals surface area contributed by atoms with Crippen molar-refractivity contribution in [3.8, 4) is 39.1 Å². The highest BCUT2D eigenvalue weighted by molar-refractivity contribution is 7.26. The van der Waals surface area contributed by atoms with E-state index in [2.05, 4.69) is 144 Å². The molecule has 1 aliphatic carbocycles. The molecule has 0 saturated heterocycles. The molecule has 2 heteroatoms. The minimum Gasteiger partial charge on any atom is -0.309 e. The summed E-state index contributed by atoms with van der Waals surface area (Å²) >= 11 is 1.89. The zero-order valence-corrected chi connectivity index (χ0v) is 23.5. The van der Waals surface area contributed by atoms with Crippen molar-refractivity contribution < 1.29 is 0 Å². The van der Waals surface area contributed by atoms with Gasteiger partial charge >= 0.3 is 0 Å². The van der Waals surface area contributed by atoms with Crippen LogP contribution in [0.4, 0.5) is 0 Å². The molecule has 9 aromatic rings. The summed E-state index contributed by atoms with van der Waals surface area (Å²) in [6.45, 7) is 0. The van der Waals surface area contributed by atoms with Crippen molar-refractivity contribution in [2.24, 2.45) is 0 Å². The van der Waals surface area contributed by atoms with Crippen molar-refractivity contribution in [2.75, 3.05) is 0 Å². The van der Waals surface area contributed by atoms with Crippen molar-refractivity contribution in [3.63, 3.8) is 0 Å². The van der Waals surface area contributed by atoms with Crippen molar-refractivity contribution in [1.82, 2.24) is 4.57 Å². The lowest BCUT2D eigenvalue weighted by atomic mass is 9.99. The van der Waals surface area contributed by atoms with E-state index in [1.807, 2.05) is 11.3 Å². The summed E-state index contributed by atoms with van der Waals surface area (Å²) in [5, 5.41) is 7.95. The largest absolute Gasteiger partial charge is 0.309 e. The number of hydrogen-bond acceptors (Lipinski definition) is 1. The Balaban J connectivity index is 1.23. The quantitative estimate of drug-likeness (QED) is 0.202. The predicted molar refractivity (Wildman–Crippen MR) is 181 cm³/mol. The van der Waals surface area contributed by atoms with E-state index in [-0.39, 0.29) is 0 Å². The predicted octanol–water partition coefficient (Wildman–Crippen LogP) is 11.6. The Hall–Kier alpha value is -5.18. The Morgan fingerprint density at radius 1 is 0.429 bits per heavy atom. The Labute approximate surface area is 246 Å². The van der Waals surface area contributed by atoms with E-state index in [9.17, 15) is 0 Å². The van der Waals surface area contributed by atoms with Gasteiger partial charge in [0.25, 0.3) is 0 Å². The summed E-state index contributed by atoms with van der Waals surface area (Å²) in [5.41, 5.74) is 11.6. The average Bonchev–Trinajstić information content (AvgIpc) is 3.71. The number of benzene rings is 7. The molecule has 0 atom stereocenters. The number of rotatable bonds is 2. The summed E-state index contributed by atoms with van der Waals surface area (Å²) in [5.74, 6) is 0. The molecule has 0 fully saturated rings. The van der Waals surface area contributed by atoms with Crippen molar-refractivity contribution in [2.45, 2.75) is 0 Å². The minimum absolute atomic E-state index is 1.18. The number of thiophene rings is 1. The first-order valence-corrected chi connectivity index (χ1v) is 15.3. The maximum atomic E-state index is 2.47. The Kier molecular flexibility index (Phi) is 4.39. The second-order valence-corrected chi connectivity index (χ2v) is 12.3. The molecule has 0 spiro atoms. The van der Waals surface area contributed by atoms with Crippen LogP contribution in [0.5, 0.6) is 0 Å². The first kappa shape index (κ1) is 22.5. The third-order valence-corrected chi connectivity index (χ3v) is 10.4. The third kappa shape index (κ3) is 2.87. The van der Waals surface area contributed by atoms with Gasteiger partial charge in [-0.15, -0.1) is 11.3 Å². The van der Waals surface area contributed by atoms with E-state index >= 15 is 0 Å². The molecule has 1 nitrogen and oxygen atoms in total. The summed E-state index contributed by atoms with van der Waals surface area (Å²) < 4.78 is 5.17. The molecule has 0 amide bonds. The van der Waals surface area contributed by atoms with Gasteiger partial charge in [0.05, 0.1) is 11.0 Å². The number of fused-ring (bicyclic) bond motifs is 10. The van der Waals surface area contributed by atoms with Gasteiger partial charge < -0.3 is 4.57 Å². The molecule has 0 saturated carbocycles. The Morgan fingerprint density at radius 2 is 1.07 bits per heavy atom. The first-order valence-electron chi connectivity index (χ1n) is 14.4.